The first-order valence-corrected chi connectivity index (χ1v) is 7.73. The number of rotatable bonds is 10. The molecule has 0 heterocycles. The van der Waals surface area contributed by atoms with Crippen LogP contribution in [0.2, 0.25) is 0 Å². The van der Waals surface area contributed by atoms with Crippen LogP contribution in [0.5, 0.6) is 0 Å². The zero-order chi connectivity index (χ0) is 16.2. The van der Waals surface area contributed by atoms with Crippen molar-refractivity contribution in [1.82, 2.24) is 21.3 Å². The van der Waals surface area contributed by atoms with E-state index in [1.165, 1.54) is 0 Å². The maximum absolute atomic E-state index is 11.5. The monoisotopic (exact) mass is 441 g/mol. The van der Waals surface area contributed by atoms with Crippen LogP contribution in [-0.2, 0) is 14.3 Å². The second-order valence-corrected chi connectivity index (χ2v) is 5.03. The molecule has 2 amide bonds. The summed E-state index contributed by atoms with van der Waals surface area (Å²) < 4.78 is 4.85. The predicted molar refractivity (Wildman–Crippen MR) is 100 cm³/mol. The first-order chi connectivity index (χ1) is 10.7. The molecule has 0 aromatic rings. The van der Waals surface area contributed by atoms with E-state index in [-0.39, 0.29) is 48.3 Å². The molecule has 0 radical (unpaired) electrons. The van der Waals surface area contributed by atoms with E-state index in [4.69, 9.17) is 4.74 Å². The number of ether oxygens (including phenoxy) is 1. The third-order valence-electron chi connectivity index (χ3n) is 3.02. The van der Waals surface area contributed by atoms with E-state index in [0.717, 1.165) is 12.8 Å². The van der Waals surface area contributed by atoms with Crippen LogP contribution in [0.1, 0.15) is 19.8 Å². The Kier molecular flexibility index (Phi) is 12.7. The highest BCUT2D eigenvalue weighted by atomic mass is 127. The first kappa shape index (κ1) is 21.9. The highest BCUT2D eigenvalue weighted by Crippen LogP contribution is 2.28. The van der Waals surface area contributed by atoms with Gasteiger partial charge in [0.25, 0.3) is 0 Å². The molecule has 4 N–H and O–H groups in total. The number of hydrogen-bond acceptors (Lipinski definition) is 4. The Hall–Kier alpha value is -1.10. The minimum atomic E-state index is -0.156. The van der Waals surface area contributed by atoms with Crippen LogP contribution >= 0.6 is 24.0 Å². The molecule has 0 aliphatic heterocycles. The molecule has 1 saturated carbocycles. The minimum Gasteiger partial charge on any atom is -0.383 e. The lowest BCUT2D eigenvalue weighted by molar-refractivity contribution is -0.122. The zero-order valence-electron chi connectivity index (χ0n) is 13.8. The van der Waals surface area contributed by atoms with Gasteiger partial charge in [-0.15, -0.1) is 24.0 Å². The second-order valence-electron chi connectivity index (χ2n) is 5.03. The van der Waals surface area contributed by atoms with E-state index in [2.05, 4.69) is 26.3 Å². The van der Waals surface area contributed by atoms with Crippen LogP contribution in [0.3, 0.4) is 0 Å². The van der Waals surface area contributed by atoms with Gasteiger partial charge in [0, 0.05) is 39.2 Å². The summed E-state index contributed by atoms with van der Waals surface area (Å²) in [6.45, 7) is 4.76. The van der Waals surface area contributed by atoms with E-state index in [1.54, 1.807) is 7.11 Å². The number of amides is 2. The maximum atomic E-state index is 11.5. The van der Waals surface area contributed by atoms with Crippen molar-refractivity contribution in [2.75, 3.05) is 46.4 Å². The fourth-order valence-corrected chi connectivity index (χ4v) is 1.70. The third kappa shape index (κ3) is 11.1. The summed E-state index contributed by atoms with van der Waals surface area (Å²) in [5.74, 6) is 0.750. The van der Waals surface area contributed by atoms with Gasteiger partial charge in [-0.25, -0.2) is 4.99 Å². The highest BCUT2D eigenvalue weighted by molar-refractivity contribution is 14.0. The number of hydrogen-bond donors (Lipinski definition) is 4. The van der Waals surface area contributed by atoms with Gasteiger partial charge in [-0.3, -0.25) is 9.59 Å². The molecule has 1 aliphatic rings. The zero-order valence-corrected chi connectivity index (χ0v) is 16.1. The van der Waals surface area contributed by atoms with Gasteiger partial charge in [0.15, 0.2) is 5.96 Å². The van der Waals surface area contributed by atoms with Crippen LogP contribution in [-0.4, -0.2) is 64.2 Å². The molecule has 0 bridgehead atoms. The van der Waals surface area contributed by atoms with Crippen molar-refractivity contribution in [1.29, 1.82) is 0 Å². The standard InChI is InChI=1S/C14H27N5O3.HI/c1-3-15-14(19-10-12(20)16-8-9-22-2)18-7-6-17-13(21)11-4-5-11;/h11H,3-10H2,1-2H3,(H,16,20)(H,17,21)(H2,15,18,19);1H. The summed E-state index contributed by atoms with van der Waals surface area (Å²) in [4.78, 5) is 27.2. The lowest BCUT2D eigenvalue weighted by Gasteiger charge is -2.11. The fraction of sp³-hybridized carbons (Fsp3) is 0.786. The summed E-state index contributed by atoms with van der Waals surface area (Å²) in [6.07, 6.45) is 2.00. The van der Waals surface area contributed by atoms with Crippen molar-refractivity contribution in [2.45, 2.75) is 19.8 Å². The largest absolute Gasteiger partial charge is 0.383 e. The van der Waals surface area contributed by atoms with Crippen molar-refractivity contribution < 1.29 is 14.3 Å². The van der Waals surface area contributed by atoms with Crippen molar-refractivity contribution in [3.8, 4) is 0 Å². The molecule has 0 saturated heterocycles. The van der Waals surface area contributed by atoms with Gasteiger partial charge in [-0.2, -0.15) is 0 Å². The summed E-state index contributed by atoms with van der Waals surface area (Å²) in [6, 6.07) is 0. The molecule has 8 nitrogen and oxygen atoms in total. The Morgan fingerprint density at radius 1 is 1.09 bits per heavy atom. The Morgan fingerprint density at radius 3 is 2.39 bits per heavy atom. The molecule has 0 spiro atoms. The third-order valence-corrected chi connectivity index (χ3v) is 3.02. The molecule has 1 rings (SSSR count). The number of nitrogens with one attached hydrogen (secondary N) is 4. The number of nitrogens with zero attached hydrogens (tertiary/aromatic N) is 1. The van der Waals surface area contributed by atoms with Crippen LogP contribution in [0, 0.1) is 5.92 Å². The topological polar surface area (TPSA) is 104 Å². The van der Waals surface area contributed by atoms with E-state index in [9.17, 15) is 9.59 Å². The Balaban J connectivity index is 0.00000484. The first-order valence-electron chi connectivity index (χ1n) is 7.73. The average molecular weight is 441 g/mol. The van der Waals surface area contributed by atoms with Crippen molar-refractivity contribution in [3.63, 3.8) is 0 Å². The second kappa shape index (κ2) is 13.3. The summed E-state index contributed by atoms with van der Waals surface area (Å²) in [5.41, 5.74) is 0. The fourth-order valence-electron chi connectivity index (χ4n) is 1.70. The van der Waals surface area contributed by atoms with Gasteiger partial charge in [0.2, 0.25) is 11.8 Å². The predicted octanol–water partition coefficient (Wildman–Crippen LogP) is -0.552. The average Bonchev–Trinajstić information content (AvgIpc) is 3.33. The molecular formula is C14H28IN5O3. The van der Waals surface area contributed by atoms with Gasteiger partial charge in [-0.1, -0.05) is 0 Å². The molecule has 0 unspecified atom stereocenters. The number of methoxy groups -OCH3 is 1. The molecule has 0 aromatic carbocycles. The van der Waals surface area contributed by atoms with Gasteiger partial charge in [-0.05, 0) is 19.8 Å². The van der Waals surface area contributed by atoms with E-state index < -0.39 is 0 Å². The van der Waals surface area contributed by atoms with E-state index in [0.29, 0.717) is 38.7 Å². The van der Waals surface area contributed by atoms with E-state index in [1.807, 2.05) is 6.92 Å². The van der Waals surface area contributed by atoms with Crippen molar-refractivity contribution in [2.24, 2.45) is 10.9 Å². The Morgan fingerprint density at radius 2 is 1.78 bits per heavy atom. The molecular weight excluding hydrogens is 413 g/mol. The number of carbonyl (C=O) groups excluding carboxylic acids is 2. The van der Waals surface area contributed by atoms with Gasteiger partial charge in [0.1, 0.15) is 6.54 Å². The van der Waals surface area contributed by atoms with Crippen molar-refractivity contribution >= 4 is 41.8 Å². The summed E-state index contributed by atoms with van der Waals surface area (Å²) in [5, 5.41) is 11.7. The molecule has 0 atom stereocenters. The molecule has 0 aromatic heterocycles. The van der Waals surface area contributed by atoms with Crippen molar-refractivity contribution in [3.05, 3.63) is 0 Å². The van der Waals surface area contributed by atoms with Crippen LogP contribution < -0.4 is 21.3 Å². The SMILES string of the molecule is CCNC(=NCC(=O)NCCOC)NCCNC(=O)C1CC1.I. The Labute approximate surface area is 154 Å². The van der Waals surface area contributed by atoms with Crippen LogP contribution in [0.15, 0.2) is 4.99 Å². The highest BCUT2D eigenvalue weighted by Gasteiger charge is 2.28. The van der Waals surface area contributed by atoms with Crippen LogP contribution in [0.4, 0.5) is 0 Å². The quantitative estimate of drug-likeness (QED) is 0.158. The normalized spacial score (nSPS) is 13.7. The lowest BCUT2D eigenvalue weighted by atomic mass is 10.4. The van der Waals surface area contributed by atoms with Gasteiger partial charge >= 0.3 is 0 Å². The number of carbonyl (C=O) groups is 2. The van der Waals surface area contributed by atoms with Gasteiger partial charge in [0.05, 0.1) is 6.61 Å². The van der Waals surface area contributed by atoms with Crippen LogP contribution in [0.25, 0.3) is 0 Å². The molecule has 9 heteroatoms. The molecule has 1 aliphatic carbocycles. The molecule has 23 heavy (non-hydrogen) atoms. The number of halogens is 1. The maximum Gasteiger partial charge on any atom is 0.241 e. The number of guanidine groups is 1. The molecule has 134 valence electrons. The molecule has 1 fully saturated rings. The number of aliphatic imine (C=N–C) groups is 1. The summed E-state index contributed by atoms with van der Waals surface area (Å²) in [7, 11) is 1.58. The van der Waals surface area contributed by atoms with E-state index >= 15 is 0 Å². The Bertz CT molecular complexity index is 389. The minimum absolute atomic E-state index is 0. The lowest BCUT2D eigenvalue weighted by Crippen LogP contribution is -2.42. The smallest absolute Gasteiger partial charge is 0.241 e. The van der Waals surface area contributed by atoms with Gasteiger partial charge < -0.3 is 26.0 Å². The summed E-state index contributed by atoms with van der Waals surface area (Å²) >= 11 is 0.